The van der Waals surface area contributed by atoms with E-state index in [0.29, 0.717) is 18.5 Å². The maximum Gasteiger partial charge on any atom is 0.236 e. The predicted octanol–water partition coefficient (Wildman–Crippen LogP) is 1.55. The van der Waals surface area contributed by atoms with Gasteiger partial charge in [0.15, 0.2) is 0 Å². The van der Waals surface area contributed by atoms with Gasteiger partial charge in [0, 0.05) is 20.1 Å². The molecule has 1 aliphatic rings. The first-order chi connectivity index (χ1) is 8.99. The Morgan fingerprint density at radius 1 is 1.26 bits per heavy atom. The van der Waals surface area contributed by atoms with Crippen LogP contribution in [0.4, 0.5) is 0 Å². The first-order valence-corrected chi connectivity index (χ1v) is 7.60. The summed E-state index contributed by atoms with van der Waals surface area (Å²) in [5.74, 6) is 1.54. The molecule has 1 aliphatic carbocycles. The van der Waals surface area contributed by atoms with E-state index in [-0.39, 0.29) is 5.91 Å². The first kappa shape index (κ1) is 16.4. The second-order valence-corrected chi connectivity index (χ2v) is 6.23. The maximum absolute atomic E-state index is 11.9. The molecule has 0 aromatic carbocycles. The Morgan fingerprint density at radius 3 is 2.47 bits per heavy atom. The van der Waals surface area contributed by atoms with E-state index in [1.807, 2.05) is 14.1 Å². The molecule has 1 rings (SSSR count). The summed E-state index contributed by atoms with van der Waals surface area (Å²) >= 11 is 0. The van der Waals surface area contributed by atoms with Crippen LogP contribution in [0.15, 0.2) is 0 Å². The fourth-order valence-corrected chi connectivity index (χ4v) is 3.25. The summed E-state index contributed by atoms with van der Waals surface area (Å²) in [6.45, 7) is 3.50. The smallest absolute Gasteiger partial charge is 0.236 e. The second-order valence-electron chi connectivity index (χ2n) is 6.23. The third-order valence-electron chi connectivity index (χ3n) is 4.51. The highest BCUT2D eigenvalue weighted by Crippen LogP contribution is 2.33. The molecule has 19 heavy (non-hydrogen) atoms. The number of amides is 1. The van der Waals surface area contributed by atoms with Crippen molar-refractivity contribution in [3.63, 3.8) is 0 Å². The van der Waals surface area contributed by atoms with Gasteiger partial charge in [-0.3, -0.25) is 9.69 Å². The van der Waals surface area contributed by atoms with Crippen LogP contribution in [0.3, 0.4) is 0 Å². The molecule has 1 fully saturated rings. The Labute approximate surface area is 118 Å². The van der Waals surface area contributed by atoms with Crippen molar-refractivity contribution in [2.75, 3.05) is 34.2 Å². The summed E-state index contributed by atoms with van der Waals surface area (Å²) < 4.78 is 0. The zero-order valence-corrected chi connectivity index (χ0v) is 13.1. The van der Waals surface area contributed by atoms with Crippen molar-refractivity contribution in [3.8, 4) is 0 Å². The van der Waals surface area contributed by atoms with Gasteiger partial charge in [0.05, 0.1) is 6.54 Å². The third-order valence-corrected chi connectivity index (χ3v) is 4.51. The molecule has 0 radical (unpaired) electrons. The minimum atomic E-state index is 0.177. The second kappa shape index (κ2) is 7.85. The van der Waals surface area contributed by atoms with Gasteiger partial charge < -0.3 is 10.6 Å². The van der Waals surface area contributed by atoms with Gasteiger partial charge in [-0.05, 0) is 38.3 Å². The van der Waals surface area contributed by atoms with Gasteiger partial charge >= 0.3 is 0 Å². The molecule has 3 atom stereocenters. The number of nitrogens with zero attached hydrogens (tertiary/aromatic N) is 2. The molecule has 1 amide bonds. The molecule has 0 aromatic rings. The zero-order chi connectivity index (χ0) is 14.4. The number of rotatable bonds is 6. The molecule has 3 unspecified atom stereocenters. The third kappa shape index (κ3) is 4.77. The van der Waals surface area contributed by atoms with Gasteiger partial charge in [0.25, 0.3) is 0 Å². The van der Waals surface area contributed by atoms with E-state index in [4.69, 9.17) is 5.73 Å². The van der Waals surface area contributed by atoms with Crippen LogP contribution < -0.4 is 5.73 Å². The summed E-state index contributed by atoms with van der Waals surface area (Å²) in [6.07, 6.45) is 6.29. The van der Waals surface area contributed by atoms with Gasteiger partial charge in [0.2, 0.25) is 5.91 Å². The quantitative estimate of drug-likeness (QED) is 0.796. The Hall–Kier alpha value is -0.610. The lowest BCUT2D eigenvalue weighted by atomic mass is 9.76. The minimum absolute atomic E-state index is 0.177. The zero-order valence-electron chi connectivity index (χ0n) is 13.1. The molecule has 0 spiro atoms. The number of carbonyl (C=O) groups excluding carboxylic acids is 1. The number of hydrogen-bond donors (Lipinski definition) is 1. The average Bonchev–Trinajstić information content (AvgIpc) is 2.38. The van der Waals surface area contributed by atoms with Crippen LogP contribution in [0, 0.1) is 11.8 Å². The van der Waals surface area contributed by atoms with E-state index < -0.39 is 0 Å². The summed E-state index contributed by atoms with van der Waals surface area (Å²) in [5.41, 5.74) is 5.92. The fourth-order valence-electron chi connectivity index (χ4n) is 3.25. The molecular weight excluding hydrogens is 238 g/mol. The molecule has 0 saturated heterocycles. The molecule has 112 valence electrons. The lowest BCUT2D eigenvalue weighted by Crippen LogP contribution is -2.48. The van der Waals surface area contributed by atoms with Crippen molar-refractivity contribution in [2.45, 2.75) is 45.1 Å². The molecule has 0 bridgehead atoms. The van der Waals surface area contributed by atoms with Gasteiger partial charge in [-0.2, -0.15) is 0 Å². The molecule has 4 nitrogen and oxygen atoms in total. The summed E-state index contributed by atoms with van der Waals surface area (Å²) in [4.78, 5) is 15.7. The largest absolute Gasteiger partial charge is 0.348 e. The summed E-state index contributed by atoms with van der Waals surface area (Å²) in [7, 11) is 5.71. The van der Waals surface area contributed by atoms with Gasteiger partial charge in [-0.1, -0.05) is 26.2 Å². The number of hydrogen-bond acceptors (Lipinski definition) is 3. The van der Waals surface area contributed by atoms with Gasteiger partial charge in [-0.15, -0.1) is 0 Å². The van der Waals surface area contributed by atoms with Crippen molar-refractivity contribution in [2.24, 2.45) is 17.6 Å². The summed E-state index contributed by atoms with van der Waals surface area (Å²) in [6, 6.07) is 0.471. The van der Waals surface area contributed by atoms with E-state index in [1.165, 1.54) is 32.1 Å². The van der Waals surface area contributed by atoms with Crippen LogP contribution in [0.1, 0.15) is 39.0 Å². The van der Waals surface area contributed by atoms with Crippen molar-refractivity contribution in [3.05, 3.63) is 0 Å². The van der Waals surface area contributed by atoms with E-state index in [1.54, 1.807) is 4.90 Å². The van der Waals surface area contributed by atoms with Crippen LogP contribution in [0.5, 0.6) is 0 Å². The highest BCUT2D eigenvalue weighted by atomic mass is 16.2. The molecule has 1 saturated carbocycles. The molecule has 0 aliphatic heterocycles. The van der Waals surface area contributed by atoms with Gasteiger partial charge in [-0.25, -0.2) is 0 Å². The topological polar surface area (TPSA) is 49.6 Å². The number of likely N-dealkylation sites (N-methyl/N-ethyl adjacent to an activating group) is 2. The Morgan fingerprint density at radius 2 is 1.95 bits per heavy atom. The minimum Gasteiger partial charge on any atom is -0.348 e. The van der Waals surface area contributed by atoms with Crippen molar-refractivity contribution >= 4 is 5.91 Å². The van der Waals surface area contributed by atoms with E-state index in [9.17, 15) is 4.79 Å². The molecule has 0 aromatic heterocycles. The van der Waals surface area contributed by atoms with E-state index in [2.05, 4.69) is 18.9 Å². The molecule has 0 heterocycles. The SMILES string of the molecule is CCCC1CCC(CN)C(N(C)CC(=O)N(C)C)C1. The lowest BCUT2D eigenvalue weighted by Gasteiger charge is -2.41. The predicted molar refractivity (Wildman–Crippen MR) is 79.9 cm³/mol. The van der Waals surface area contributed by atoms with E-state index in [0.717, 1.165) is 12.5 Å². The van der Waals surface area contributed by atoms with Crippen LogP contribution in [0.2, 0.25) is 0 Å². The molecule has 4 heteroatoms. The Balaban J connectivity index is 2.60. The first-order valence-electron chi connectivity index (χ1n) is 7.60. The van der Waals surface area contributed by atoms with Crippen LogP contribution in [-0.2, 0) is 4.79 Å². The average molecular weight is 269 g/mol. The normalized spacial score (nSPS) is 27.6. The fraction of sp³-hybridized carbons (Fsp3) is 0.933. The molecular formula is C15H31N3O. The highest BCUT2D eigenvalue weighted by molar-refractivity contribution is 5.77. The van der Waals surface area contributed by atoms with Crippen molar-refractivity contribution in [1.29, 1.82) is 0 Å². The van der Waals surface area contributed by atoms with Crippen LogP contribution in [0.25, 0.3) is 0 Å². The van der Waals surface area contributed by atoms with E-state index >= 15 is 0 Å². The standard InChI is InChI=1S/C15H31N3O/c1-5-6-12-7-8-13(10-16)14(9-12)18(4)11-15(19)17(2)3/h12-14H,5-11,16H2,1-4H3. The summed E-state index contributed by atoms with van der Waals surface area (Å²) in [5, 5.41) is 0. The number of carbonyl (C=O) groups is 1. The van der Waals surface area contributed by atoms with Gasteiger partial charge in [0.1, 0.15) is 0 Å². The van der Waals surface area contributed by atoms with Crippen LogP contribution >= 0.6 is 0 Å². The Kier molecular flexibility index (Phi) is 6.80. The van der Waals surface area contributed by atoms with Crippen molar-refractivity contribution in [1.82, 2.24) is 9.80 Å². The Bertz CT molecular complexity index is 281. The maximum atomic E-state index is 11.9. The number of nitrogens with two attached hydrogens (primary N) is 1. The van der Waals surface area contributed by atoms with Crippen molar-refractivity contribution < 1.29 is 4.79 Å². The highest BCUT2D eigenvalue weighted by Gasteiger charge is 2.32. The lowest BCUT2D eigenvalue weighted by molar-refractivity contribution is -0.130. The molecule has 2 N–H and O–H groups in total. The van der Waals surface area contributed by atoms with Crippen LogP contribution in [-0.4, -0.2) is 56.0 Å². The monoisotopic (exact) mass is 269 g/mol.